The van der Waals surface area contributed by atoms with E-state index in [1.807, 2.05) is 0 Å². The number of rotatable bonds is 0. The van der Waals surface area contributed by atoms with E-state index in [4.69, 9.17) is 5.11 Å². The van der Waals surface area contributed by atoms with Crippen molar-refractivity contribution in [1.29, 1.82) is 0 Å². The van der Waals surface area contributed by atoms with Gasteiger partial charge in [0.15, 0.2) is 0 Å². The maximum absolute atomic E-state index is 10.7. The molecule has 3 nitrogen and oxygen atoms in total. The Morgan fingerprint density at radius 1 is 1.31 bits per heavy atom. The molecular weight excluding hydrogens is 166 g/mol. The van der Waals surface area contributed by atoms with E-state index in [1.165, 1.54) is 16.0 Å². The Morgan fingerprint density at radius 2 is 2.00 bits per heavy atom. The molecule has 13 heavy (non-hydrogen) atoms. The second-order valence-corrected chi connectivity index (χ2v) is 3.54. The van der Waals surface area contributed by atoms with Crippen LogP contribution in [0.4, 0.5) is 4.79 Å². The monoisotopic (exact) mass is 179 g/mol. The topological polar surface area (TPSA) is 40.5 Å². The zero-order valence-corrected chi connectivity index (χ0v) is 7.49. The van der Waals surface area contributed by atoms with Gasteiger partial charge in [0.1, 0.15) is 0 Å². The molecule has 1 amide bonds. The first kappa shape index (κ1) is 8.35. The van der Waals surface area contributed by atoms with Crippen LogP contribution < -0.4 is 0 Å². The molecule has 1 N–H and O–H groups in total. The van der Waals surface area contributed by atoms with Crippen LogP contribution in [0.2, 0.25) is 0 Å². The molecule has 0 aromatic rings. The van der Waals surface area contributed by atoms with Crippen molar-refractivity contribution in [2.24, 2.45) is 0 Å². The van der Waals surface area contributed by atoms with Crippen molar-refractivity contribution in [2.75, 3.05) is 13.1 Å². The van der Waals surface area contributed by atoms with E-state index < -0.39 is 6.09 Å². The maximum Gasteiger partial charge on any atom is 0.407 e. The molecule has 3 heteroatoms. The SMILES string of the molecule is O=C(O)N1CCC2=C(CC=CC2)C1. The zero-order chi connectivity index (χ0) is 9.26. The molecule has 2 rings (SSSR count). The van der Waals surface area contributed by atoms with Gasteiger partial charge in [0.05, 0.1) is 0 Å². The van der Waals surface area contributed by atoms with Gasteiger partial charge < -0.3 is 10.0 Å². The third-order valence-electron chi connectivity index (χ3n) is 2.73. The average molecular weight is 179 g/mol. The van der Waals surface area contributed by atoms with Crippen LogP contribution in [0, 0.1) is 0 Å². The first-order valence-electron chi connectivity index (χ1n) is 4.60. The van der Waals surface area contributed by atoms with Crippen molar-refractivity contribution in [1.82, 2.24) is 4.90 Å². The van der Waals surface area contributed by atoms with Gasteiger partial charge in [-0.25, -0.2) is 4.79 Å². The van der Waals surface area contributed by atoms with Crippen LogP contribution in [0.3, 0.4) is 0 Å². The van der Waals surface area contributed by atoms with Crippen LogP contribution >= 0.6 is 0 Å². The summed E-state index contributed by atoms with van der Waals surface area (Å²) in [7, 11) is 0. The lowest BCUT2D eigenvalue weighted by Crippen LogP contribution is -2.36. The molecule has 0 spiro atoms. The standard InChI is InChI=1S/C10H13NO2/c12-10(13)11-6-5-8-3-1-2-4-9(8)7-11/h1-2H,3-7H2,(H,12,13). The molecule has 0 saturated carbocycles. The minimum Gasteiger partial charge on any atom is -0.465 e. The summed E-state index contributed by atoms with van der Waals surface area (Å²) < 4.78 is 0. The summed E-state index contributed by atoms with van der Waals surface area (Å²) in [6.45, 7) is 1.29. The highest BCUT2D eigenvalue weighted by Crippen LogP contribution is 2.27. The Kier molecular flexibility index (Phi) is 2.08. The highest BCUT2D eigenvalue weighted by atomic mass is 16.4. The highest BCUT2D eigenvalue weighted by molar-refractivity contribution is 5.66. The third kappa shape index (κ3) is 1.59. The predicted octanol–water partition coefficient (Wildman–Crippen LogP) is 2.02. The number of nitrogens with zero attached hydrogens (tertiary/aromatic N) is 1. The molecule has 0 atom stereocenters. The molecule has 0 bridgehead atoms. The minimum absolute atomic E-state index is 0.620. The largest absolute Gasteiger partial charge is 0.465 e. The first-order chi connectivity index (χ1) is 6.27. The number of allylic oxidation sites excluding steroid dienone is 2. The van der Waals surface area contributed by atoms with Gasteiger partial charge in [-0.05, 0) is 24.8 Å². The van der Waals surface area contributed by atoms with Crippen molar-refractivity contribution < 1.29 is 9.90 Å². The molecular formula is C10H13NO2. The van der Waals surface area contributed by atoms with Gasteiger partial charge in [-0.15, -0.1) is 0 Å². The van der Waals surface area contributed by atoms with E-state index >= 15 is 0 Å². The molecule has 0 radical (unpaired) electrons. The Labute approximate surface area is 77.3 Å². The van der Waals surface area contributed by atoms with Gasteiger partial charge in [-0.2, -0.15) is 0 Å². The van der Waals surface area contributed by atoms with Crippen molar-refractivity contribution in [3.8, 4) is 0 Å². The van der Waals surface area contributed by atoms with Gasteiger partial charge in [0, 0.05) is 13.1 Å². The Balaban J connectivity index is 2.10. The predicted molar refractivity (Wildman–Crippen MR) is 49.6 cm³/mol. The summed E-state index contributed by atoms with van der Waals surface area (Å²) in [6.07, 6.45) is 6.41. The Morgan fingerprint density at radius 3 is 2.69 bits per heavy atom. The quantitative estimate of drug-likeness (QED) is 0.578. The van der Waals surface area contributed by atoms with E-state index in [1.54, 1.807) is 0 Å². The summed E-state index contributed by atoms with van der Waals surface area (Å²) in [5.74, 6) is 0. The normalized spacial score (nSPS) is 21.7. The van der Waals surface area contributed by atoms with Crippen LogP contribution in [0.5, 0.6) is 0 Å². The Bertz CT molecular complexity index is 291. The fourth-order valence-corrected chi connectivity index (χ4v) is 1.94. The summed E-state index contributed by atoms with van der Waals surface area (Å²) in [4.78, 5) is 12.2. The van der Waals surface area contributed by atoms with E-state index in [9.17, 15) is 4.79 Å². The van der Waals surface area contributed by atoms with Crippen molar-refractivity contribution in [2.45, 2.75) is 19.3 Å². The fraction of sp³-hybridized carbons (Fsp3) is 0.500. The first-order valence-corrected chi connectivity index (χ1v) is 4.60. The van der Waals surface area contributed by atoms with Crippen LogP contribution in [-0.2, 0) is 0 Å². The summed E-state index contributed by atoms with van der Waals surface area (Å²) in [6, 6.07) is 0. The van der Waals surface area contributed by atoms with Crippen LogP contribution in [0.25, 0.3) is 0 Å². The van der Waals surface area contributed by atoms with E-state index in [-0.39, 0.29) is 0 Å². The molecule has 0 unspecified atom stereocenters. The second-order valence-electron chi connectivity index (χ2n) is 3.54. The molecule has 0 saturated heterocycles. The number of hydrogen-bond donors (Lipinski definition) is 1. The van der Waals surface area contributed by atoms with E-state index in [2.05, 4.69) is 12.2 Å². The molecule has 70 valence electrons. The van der Waals surface area contributed by atoms with Gasteiger partial charge >= 0.3 is 6.09 Å². The van der Waals surface area contributed by atoms with Gasteiger partial charge in [0.2, 0.25) is 0 Å². The van der Waals surface area contributed by atoms with Gasteiger partial charge in [-0.1, -0.05) is 17.7 Å². The molecule has 1 aliphatic carbocycles. The molecule has 1 aliphatic heterocycles. The number of carbonyl (C=O) groups is 1. The fourth-order valence-electron chi connectivity index (χ4n) is 1.94. The van der Waals surface area contributed by atoms with E-state index in [0.717, 1.165) is 19.3 Å². The summed E-state index contributed by atoms with van der Waals surface area (Å²) >= 11 is 0. The third-order valence-corrected chi connectivity index (χ3v) is 2.73. The molecule has 2 aliphatic rings. The summed E-state index contributed by atoms with van der Waals surface area (Å²) in [5, 5.41) is 8.81. The summed E-state index contributed by atoms with van der Waals surface area (Å²) in [5.41, 5.74) is 2.77. The second kappa shape index (κ2) is 3.24. The van der Waals surface area contributed by atoms with E-state index in [0.29, 0.717) is 13.1 Å². The lowest BCUT2D eigenvalue weighted by atomic mass is 9.91. The molecule has 0 fully saturated rings. The minimum atomic E-state index is -0.791. The van der Waals surface area contributed by atoms with Crippen LogP contribution in [0.15, 0.2) is 23.3 Å². The van der Waals surface area contributed by atoms with Crippen LogP contribution in [-0.4, -0.2) is 29.2 Å². The Hall–Kier alpha value is -1.25. The number of carboxylic acid groups (broad SMARTS) is 1. The smallest absolute Gasteiger partial charge is 0.407 e. The highest BCUT2D eigenvalue weighted by Gasteiger charge is 2.21. The van der Waals surface area contributed by atoms with Gasteiger partial charge in [-0.3, -0.25) is 0 Å². The number of hydrogen-bond acceptors (Lipinski definition) is 1. The molecule has 0 aromatic carbocycles. The van der Waals surface area contributed by atoms with Crippen molar-refractivity contribution >= 4 is 6.09 Å². The van der Waals surface area contributed by atoms with Crippen molar-refractivity contribution in [3.05, 3.63) is 23.3 Å². The average Bonchev–Trinajstić information content (AvgIpc) is 2.17. The van der Waals surface area contributed by atoms with Crippen molar-refractivity contribution in [3.63, 3.8) is 0 Å². The van der Waals surface area contributed by atoms with Gasteiger partial charge in [0.25, 0.3) is 0 Å². The zero-order valence-electron chi connectivity index (χ0n) is 7.49. The number of amides is 1. The molecule has 1 heterocycles. The lowest BCUT2D eigenvalue weighted by molar-refractivity contribution is 0.147. The van der Waals surface area contributed by atoms with Crippen LogP contribution in [0.1, 0.15) is 19.3 Å². The lowest BCUT2D eigenvalue weighted by Gasteiger charge is -2.29. The maximum atomic E-state index is 10.7. The molecule has 0 aromatic heterocycles.